The van der Waals surface area contributed by atoms with Crippen molar-refractivity contribution in [2.24, 2.45) is 0 Å². The van der Waals surface area contributed by atoms with Crippen LogP contribution in [0.5, 0.6) is 0 Å². The van der Waals surface area contributed by atoms with E-state index in [1.807, 2.05) is 31.2 Å². The van der Waals surface area contributed by atoms with Crippen LogP contribution in [0.1, 0.15) is 43.9 Å². The summed E-state index contributed by atoms with van der Waals surface area (Å²) in [6.45, 7) is 4.00. The number of amides is 1. The number of benzene rings is 1. The van der Waals surface area contributed by atoms with Crippen LogP contribution in [0.2, 0.25) is 0 Å². The molecule has 1 heterocycles. The largest absolute Gasteiger partial charge is 0.479 e. The summed E-state index contributed by atoms with van der Waals surface area (Å²) in [6, 6.07) is 7.96. The lowest BCUT2D eigenvalue weighted by atomic mass is 10.0. The maximum absolute atomic E-state index is 12.1. The third-order valence-electron chi connectivity index (χ3n) is 3.83. The van der Waals surface area contributed by atoms with Gasteiger partial charge in [0.2, 0.25) is 5.91 Å². The summed E-state index contributed by atoms with van der Waals surface area (Å²) in [5, 5.41) is 11.7. The first-order valence-electron chi connectivity index (χ1n) is 7.28. The van der Waals surface area contributed by atoms with Crippen LogP contribution in [0.3, 0.4) is 0 Å². The molecule has 1 aliphatic heterocycles. The monoisotopic (exact) mass is 291 g/mol. The molecule has 1 aromatic carbocycles. The number of hydrogen-bond donors (Lipinski definition) is 2. The Balaban J connectivity index is 1.91. The van der Waals surface area contributed by atoms with Crippen molar-refractivity contribution in [1.29, 1.82) is 0 Å². The van der Waals surface area contributed by atoms with Crippen molar-refractivity contribution in [3.05, 3.63) is 35.4 Å². The van der Waals surface area contributed by atoms with Gasteiger partial charge in [0, 0.05) is 0 Å². The molecule has 0 saturated carbocycles. The molecule has 114 valence electrons. The number of carbonyl (C=O) groups excluding carboxylic acids is 1. The number of rotatable bonds is 5. The molecule has 5 heteroatoms. The number of carboxylic acid groups (broad SMARTS) is 1. The van der Waals surface area contributed by atoms with Crippen LogP contribution in [0.4, 0.5) is 0 Å². The minimum absolute atomic E-state index is 0.129. The number of nitrogens with one attached hydrogen (secondary N) is 1. The normalized spacial score (nSPS) is 22.8. The van der Waals surface area contributed by atoms with Gasteiger partial charge in [0.05, 0.1) is 6.04 Å². The van der Waals surface area contributed by atoms with E-state index in [9.17, 15) is 9.59 Å². The Bertz CT molecular complexity index is 512. The van der Waals surface area contributed by atoms with Crippen molar-refractivity contribution in [1.82, 2.24) is 5.32 Å². The van der Waals surface area contributed by atoms with Gasteiger partial charge in [-0.3, -0.25) is 4.79 Å². The molecule has 0 radical (unpaired) electrons. The third kappa shape index (κ3) is 3.82. The minimum Gasteiger partial charge on any atom is -0.479 e. The molecule has 21 heavy (non-hydrogen) atoms. The number of hydrogen-bond acceptors (Lipinski definition) is 3. The fraction of sp³-hybridized carbons (Fsp3) is 0.500. The van der Waals surface area contributed by atoms with E-state index in [1.165, 1.54) is 5.56 Å². The van der Waals surface area contributed by atoms with Gasteiger partial charge in [-0.1, -0.05) is 31.2 Å². The van der Waals surface area contributed by atoms with Crippen LogP contribution in [0, 0.1) is 0 Å². The Morgan fingerprint density at radius 3 is 2.43 bits per heavy atom. The lowest BCUT2D eigenvalue weighted by Gasteiger charge is -2.18. The van der Waals surface area contributed by atoms with E-state index in [0.717, 1.165) is 12.0 Å². The van der Waals surface area contributed by atoms with Gasteiger partial charge in [-0.05, 0) is 37.3 Å². The first-order valence-corrected chi connectivity index (χ1v) is 7.28. The minimum atomic E-state index is -1.01. The van der Waals surface area contributed by atoms with Gasteiger partial charge >= 0.3 is 5.97 Å². The van der Waals surface area contributed by atoms with Gasteiger partial charge in [0.1, 0.15) is 6.10 Å². The van der Waals surface area contributed by atoms with Crippen LogP contribution in [0.15, 0.2) is 24.3 Å². The summed E-state index contributed by atoms with van der Waals surface area (Å²) in [6.07, 6.45) is 0.286. The second kappa shape index (κ2) is 6.72. The second-order valence-electron chi connectivity index (χ2n) is 5.35. The van der Waals surface area contributed by atoms with Gasteiger partial charge in [0.25, 0.3) is 0 Å². The van der Waals surface area contributed by atoms with Crippen LogP contribution in [0.25, 0.3) is 0 Å². The summed E-state index contributed by atoms with van der Waals surface area (Å²) in [7, 11) is 0. The molecule has 3 atom stereocenters. The number of carbonyl (C=O) groups is 2. The highest BCUT2D eigenvalue weighted by molar-refractivity contribution is 5.83. The Labute approximate surface area is 124 Å². The number of aryl methyl sites for hydroxylation is 1. The fourth-order valence-electron chi connectivity index (χ4n) is 2.44. The third-order valence-corrected chi connectivity index (χ3v) is 3.83. The highest BCUT2D eigenvalue weighted by atomic mass is 16.5. The lowest BCUT2D eigenvalue weighted by Crippen LogP contribution is -2.37. The first kappa shape index (κ1) is 15.5. The van der Waals surface area contributed by atoms with Crippen molar-refractivity contribution in [3.63, 3.8) is 0 Å². The molecule has 0 spiro atoms. The van der Waals surface area contributed by atoms with E-state index in [1.54, 1.807) is 0 Å². The van der Waals surface area contributed by atoms with E-state index in [2.05, 4.69) is 12.2 Å². The first-order chi connectivity index (χ1) is 10.0. The highest BCUT2D eigenvalue weighted by Gasteiger charge is 2.35. The molecule has 0 aromatic heterocycles. The van der Waals surface area contributed by atoms with Gasteiger partial charge in [-0.15, -0.1) is 0 Å². The molecule has 1 unspecified atom stereocenters. The summed E-state index contributed by atoms with van der Waals surface area (Å²) in [4.78, 5) is 22.9. The SMILES string of the molecule is CCc1ccc(C(C)NC(=O)[C@@H]2CC[C@H](C(=O)O)O2)cc1. The van der Waals surface area contributed by atoms with Crippen LogP contribution >= 0.6 is 0 Å². The average molecular weight is 291 g/mol. The maximum atomic E-state index is 12.1. The lowest BCUT2D eigenvalue weighted by molar-refractivity contribution is -0.151. The van der Waals surface area contributed by atoms with E-state index in [-0.39, 0.29) is 11.9 Å². The van der Waals surface area contributed by atoms with Gasteiger partial charge < -0.3 is 15.2 Å². The Morgan fingerprint density at radius 2 is 1.90 bits per heavy atom. The van der Waals surface area contributed by atoms with Crippen molar-refractivity contribution in [2.45, 2.75) is 51.4 Å². The van der Waals surface area contributed by atoms with Gasteiger partial charge in [-0.25, -0.2) is 4.79 Å². The van der Waals surface area contributed by atoms with Crippen molar-refractivity contribution in [3.8, 4) is 0 Å². The van der Waals surface area contributed by atoms with Crippen LogP contribution in [-0.2, 0) is 20.7 Å². The highest BCUT2D eigenvalue weighted by Crippen LogP contribution is 2.21. The zero-order chi connectivity index (χ0) is 15.4. The van der Waals surface area contributed by atoms with Gasteiger partial charge in [0.15, 0.2) is 6.10 Å². The predicted octanol–water partition coefficient (Wildman–Crippen LogP) is 2.06. The summed E-state index contributed by atoms with van der Waals surface area (Å²) < 4.78 is 5.25. The van der Waals surface area contributed by atoms with Crippen molar-refractivity contribution >= 4 is 11.9 Å². The molecular formula is C16H21NO4. The predicted molar refractivity (Wildman–Crippen MR) is 77.9 cm³/mol. The van der Waals surface area contributed by atoms with E-state index in [4.69, 9.17) is 9.84 Å². The Morgan fingerprint density at radius 1 is 1.29 bits per heavy atom. The summed E-state index contributed by atoms with van der Waals surface area (Å²) in [5.41, 5.74) is 2.27. The zero-order valence-electron chi connectivity index (χ0n) is 12.3. The molecule has 0 bridgehead atoms. The number of aliphatic carboxylic acids is 1. The molecule has 1 fully saturated rings. The fourth-order valence-corrected chi connectivity index (χ4v) is 2.44. The Hall–Kier alpha value is -1.88. The standard InChI is InChI=1S/C16H21NO4/c1-3-11-4-6-12(7-5-11)10(2)17-15(18)13-8-9-14(21-13)16(19)20/h4-7,10,13-14H,3,8-9H2,1-2H3,(H,17,18)(H,19,20)/t10?,13-,14+/m0/s1. The number of ether oxygens (including phenoxy) is 1. The van der Waals surface area contributed by atoms with Crippen LogP contribution < -0.4 is 5.32 Å². The summed E-state index contributed by atoms with van der Waals surface area (Å²) in [5.74, 6) is -1.25. The topological polar surface area (TPSA) is 75.6 Å². The summed E-state index contributed by atoms with van der Waals surface area (Å²) >= 11 is 0. The van der Waals surface area contributed by atoms with E-state index < -0.39 is 18.2 Å². The van der Waals surface area contributed by atoms with Crippen molar-refractivity contribution in [2.75, 3.05) is 0 Å². The molecule has 1 aliphatic rings. The van der Waals surface area contributed by atoms with Crippen molar-refractivity contribution < 1.29 is 19.4 Å². The Kier molecular flexibility index (Phi) is 4.96. The molecule has 5 nitrogen and oxygen atoms in total. The van der Waals surface area contributed by atoms with Crippen LogP contribution in [-0.4, -0.2) is 29.2 Å². The quantitative estimate of drug-likeness (QED) is 0.870. The maximum Gasteiger partial charge on any atom is 0.332 e. The molecule has 1 saturated heterocycles. The smallest absolute Gasteiger partial charge is 0.332 e. The number of carboxylic acids is 1. The van der Waals surface area contributed by atoms with E-state index >= 15 is 0 Å². The second-order valence-corrected chi connectivity index (χ2v) is 5.35. The van der Waals surface area contributed by atoms with E-state index in [0.29, 0.717) is 12.8 Å². The molecule has 0 aliphatic carbocycles. The molecule has 2 N–H and O–H groups in total. The average Bonchev–Trinajstić information content (AvgIpc) is 2.97. The zero-order valence-corrected chi connectivity index (χ0v) is 12.3. The molecule has 1 amide bonds. The molecular weight excluding hydrogens is 270 g/mol. The molecule has 2 rings (SSSR count). The molecule has 1 aromatic rings. The van der Waals surface area contributed by atoms with Gasteiger partial charge in [-0.2, -0.15) is 0 Å².